The fourth-order valence-corrected chi connectivity index (χ4v) is 3.87. The third-order valence-corrected chi connectivity index (χ3v) is 5.46. The SMILES string of the molecule is Cc1cc(-c2c(OCCCN3CCOCC3)nc(N)nc2-c2ccc(F)cc2)cc(C(F)F)n1. The van der Waals surface area contributed by atoms with Gasteiger partial charge in [0.2, 0.25) is 11.8 Å². The van der Waals surface area contributed by atoms with Gasteiger partial charge in [0.15, 0.2) is 0 Å². The van der Waals surface area contributed by atoms with Crippen LogP contribution in [0.1, 0.15) is 24.2 Å². The van der Waals surface area contributed by atoms with Gasteiger partial charge in [-0.3, -0.25) is 9.88 Å². The fourth-order valence-electron chi connectivity index (χ4n) is 3.87. The molecule has 7 nitrogen and oxygen atoms in total. The van der Waals surface area contributed by atoms with Crippen LogP contribution in [0.25, 0.3) is 22.4 Å². The number of halogens is 3. The predicted molar refractivity (Wildman–Crippen MR) is 122 cm³/mol. The van der Waals surface area contributed by atoms with Crippen LogP contribution in [0.15, 0.2) is 36.4 Å². The minimum absolute atomic E-state index is 0.0360. The van der Waals surface area contributed by atoms with Crippen LogP contribution in [0.3, 0.4) is 0 Å². The summed E-state index contributed by atoms with van der Waals surface area (Å²) >= 11 is 0. The summed E-state index contributed by atoms with van der Waals surface area (Å²) < 4.78 is 51.9. The van der Waals surface area contributed by atoms with E-state index in [2.05, 4.69) is 19.9 Å². The van der Waals surface area contributed by atoms with Gasteiger partial charge in [-0.1, -0.05) is 0 Å². The summed E-state index contributed by atoms with van der Waals surface area (Å²) in [5.41, 5.74) is 7.76. The van der Waals surface area contributed by atoms with Crippen LogP contribution >= 0.6 is 0 Å². The lowest BCUT2D eigenvalue weighted by molar-refractivity contribution is 0.0357. The number of rotatable bonds is 8. The lowest BCUT2D eigenvalue weighted by Crippen LogP contribution is -2.37. The molecule has 1 fully saturated rings. The minimum atomic E-state index is -2.75. The average molecular weight is 473 g/mol. The van der Waals surface area contributed by atoms with Crippen molar-refractivity contribution >= 4 is 5.95 Å². The molecule has 0 atom stereocenters. The molecule has 3 heterocycles. The van der Waals surface area contributed by atoms with Crippen LogP contribution in [0, 0.1) is 12.7 Å². The number of aromatic nitrogens is 3. The highest BCUT2D eigenvalue weighted by Gasteiger charge is 2.21. The van der Waals surface area contributed by atoms with Crippen LogP contribution in [0.4, 0.5) is 19.1 Å². The molecule has 1 saturated heterocycles. The Morgan fingerprint density at radius 2 is 1.79 bits per heavy atom. The number of benzene rings is 1. The normalized spacial score (nSPS) is 14.5. The number of hydrogen-bond donors (Lipinski definition) is 1. The Morgan fingerprint density at radius 3 is 2.50 bits per heavy atom. The van der Waals surface area contributed by atoms with Crippen molar-refractivity contribution in [3.05, 3.63) is 53.6 Å². The number of nitrogens with two attached hydrogens (primary N) is 1. The number of ether oxygens (including phenoxy) is 2. The zero-order valence-corrected chi connectivity index (χ0v) is 18.8. The standard InChI is InChI=1S/C24H26F3N5O2/c1-15-13-17(14-19(29-15)22(26)27)20-21(16-3-5-18(25)6-4-16)30-24(28)31-23(20)34-10-2-7-32-8-11-33-12-9-32/h3-6,13-14,22H,2,7-12H2,1H3,(H2,28,30,31). The molecule has 0 amide bonds. The van der Waals surface area contributed by atoms with E-state index in [0.29, 0.717) is 47.9 Å². The monoisotopic (exact) mass is 473 g/mol. The first kappa shape index (κ1) is 23.9. The number of morpholine rings is 1. The Bertz CT molecular complexity index is 1120. The third kappa shape index (κ3) is 5.81. The van der Waals surface area contributed by atoms with E-state index in [0.717, 1.165) is 26.1 Å². The summed E-state index contributed by atoms with van der Waals surface area (Å²) in [6, 6.07) is 8.63. The summed E-state index contributed by atoms with van der Waals surface area (Å²) in [6.07, 6.45) is -2.02. The largest absolute Gasteiger partial charge is 0.477 e. The van der Waals surface area contributed by atoms with E-state index in [1.165, 1.54) is 18.2 Å². The van der Waals surface area contributed by atoms with E-state index < -0.39 is 12.2 Å². The number of hydrogen-bond acceptors (Lipinski definition) is 7. The Balaban J connectivity index is 1.70. The highest BCUT2D eigenvalue weighted by atomic mass is 19.3. The van der Waals surface area contributed by atoms with E-state index in [4.69, 9.17) is 15.2 Å². The third-order valence-electron chi connectivity index (χ3n) is 5.46. The highest BCUT2D eigenvalue weighted by Crippen LogP contribution is 2.39. The maximum Gasteiger partial charge on any atom is 0.280 e. The number of alkyl halides is 2. The summed E-state index contributed by atoms with van der Waals surface area (Å²) in [4.78, 5) is 14.8. The summed E-state index contributed by atoms with van der Waals surface area (Å²) in [5.74, 6) is -0.266. The first-order valence-electron chi connectivity index (χ1n) is 11.0. The van der Waals surface area contributed by atoms with E-state index in [-0.39, 0.29) is 17.5 Å². The molecular weight excluding hydrogens is 447 g/mol. The first-order valence-corrected chi connectivity index (χ1v) is 11.0. The number of nitrogen functional groups attached to an aromatic ring is 1. The number of nitrogens with zero attached hydrogens (tertiary/aromatic N) is 4. The van der Waals surface area contributed by atoms with Crippen molar-refractivity contribution in [1.82, 2.24) is 19.9 Å². The number of anilines is 1. The first-order chi connectivity index (χ1) is 16.4. The van der Waals surface area contributed by atoms with Gasteiger partial charge < -0.3 is 15.2 Å². The van der Waals surface area contributed by atoms with Gasteiger partial charge in [0, 0.05) is 30.9 Å². The zero-order chi connectivity index (χ0) is 24.1. The highest BCUT2D eigenvalue weighted by molar-refractivity contribution is 5.85. The van der Waals surface area contributed by atoms with Crippen molar-refractivity contribution in [1.29, 1.82) is 0 Å². The molecule has 0 spiro atoms. The maximum absolute atomic E-state index is 13.6. The molecule has 1 aliphatic rings. The number of pyridine rings is 1. The molecule has 0 aliphatic carbocycles. The molecule has 180 valence electrons. The van der Waals surface area contributed by atoms with Gasteiger partial charge in [-0.15, -0.1) is 0 Å². The van der Waals surface area contributed by atoms with E-state index in [1.54, 1.807) is 25.1 Å². The second kappa shape index (κ2) is 10.8. The smallest absolute Gasteiger partial charge is 0.280 e. The van der Waals surface area contributed by atoms with Crippen LogP contribution in [0.5, 0.6) is 5.88 Å². The molecule has 10 heteroatoms. The van der Waals surface area contributed by atoms with Gasteiger partial charge in [0.25, 0.3) is 6.43 Å². The van der Waals surface area contributed by atoms with Crippen molar-refractivity contribution in [3.8, 4) is 28.3 Å². The van der Waals surface area contributed by atoms with Crippen LogP contribution in [-0.4, -0.2) is 59.3 Å². The Kier molecular flexibility index (Phi) is 7.59. The van der Waals surface area contributed by atoms with E-state index >= 15 is 0 Å². The lowest BCUT2D eigenvalue weighted by Gasteiger charge is -2.26. The molecule has 4 rings (SSSR count). The molecule has 2 aromatic heterocycles. The lowest BCUT2D eigenvalue weighted by atomic mass is 9.99. The molecule has 34 heavy (non-hydrogen) atoms. The predicted octanol–water partition coefficient (Wildman–Crippen LogP) is 4.27. The molecular formula is C24H26F3N5O2. The van der Waals surface area contributed by atoms with Gasteiger partial charge >= 0.3 is 0 Å². The van der Waals surface area contributed by atoms with Crippen LogP contribution in [-0.2, 0) is 4.74 Å². The number of aryl methyl sites for hydroxylation is 1. The van der Waals surface area contributed by atoms with Gasteiger partial charge in [0.1, 0.15) is 11.5 Å². The van der Waals surface area contributed by atoms with Crippen molar-refractivity contribution in [2.45, 2.75) is 19.8 Å². The van der Waals surface area contributed by atoms with E-state index in [9.17, 15) is 13.2 Å². The molecule has 3 aromatic rings. The quantitative estimate of drug-likeness (QED) is 0.489. The minimum Gasteiger partial charge on any atom is -0.477 e. The molecule has 0 bridgehead atoms. The summed E-state index contributed by atoms with van der Waals surface area (Å²) in [6.45, 7) is 5.96. The van der Waals surface area contributed by atoms with Gasteiger partial charge in [-0.2, -0.15) is 4.98 Å². The zero-order valence-electron chi connectivity index (χ0n) is 18.8. The molecule has 0 unspecified atom stereocenters. The van der Waals surface area contributed by atoms with Crippen LogP contribution in [0.2, 0.25) is 0 Å². The molecule has 2 N–H and O–H groups in total. The fraction of sp³-hybridized carbons (Fsp3) is 0.375. The Morgan fingerprint density at radius 1 is 1.06 bits per heavy atom. The second-order valence-electron chi connectivity index (χ2n) is 8.00. The van der Waals surface area contributed by atoms with Crippen LogP contribution < -0.4 is 10.5 Å². The van der Waals surface area contributed by atoms with Crippen molar-refractivity contribution < 1.29 is 22.6 Å². The molecule has 1 aliphatic heterocycles. The van der Waals surface area contributed by atoms with Crippen molar-refractivity contribution in [3.63, 3.8) is 0 Å². The van der Waals surface area contributed by atoms with E-state index in [1.807, 2.05) is 0 Å². The summed E-state index contributed by atoms with van der Waals surface area (Å²) in [5, 5.41) is 0. The van der Waals surface area contributed by atoms with Crippen molar-refractivity contribution in [2.24, 2.45) is 0 Å². The topological polar surface area (TPSA) is 86.4 Å². The molecule has 1 aromatic carbocycles. The second-order valence-corrected chi connectivity index (χ2v) is 8.00. The Hall–Kier alpha value is -3.24. The average Bonchev–Trinajstić information content (AvgIpc) is 2.82. The van der Waals surface area contributed by atoms with Gasteiger partial charge in [0.05, 0.1) is 31.1 Å². The van der Waals surface area contributed by atoms with Gasteiger partial charge in [-0.25, -0.2) is 18.2 Å². The molecule has 0 saturated carbocycles. The maximum atomic E-state index is 13.6. The molecule has 0 radical (unpaired) electrons. The summed E-state index contributed by atoms with van der Waals surface area (Å²) in [7, 11) is 0. The Labute approximate surface area is 195 Å². The van der Waals surface area contributed by atoms with Gasteiger partial charge in [-0.05, 0) is 55.3 Å². The van der Waals surface area contributed by atoms with Crippen molar-refractivity contribution in [2.75, 3.05) is 45.2 Å².